The van der Waals surface area contributed by atoms with E-state index in [1.54, 1.807) is 7.11 Å². The summed E-state index contributed by atoms with van der Waals surface area (Å²) in [5.41, 5.74) is 9.29. The van der Waals surface area contributed by atoms with Gasteiger partial charge in [-0.25, -0.2) is 0 Å². The van der Waals surface area contributed by atoms with E-state index in [1.807, 2.05) is 32.0 Å². The minimum absolute atomic E-state index is 0.0869. The number of hydrogen-bond acceptors (Lipinski definition) is 3. The van der Waals surface area contributed by atoms with Crippen LogP contribution >= 0.6 is 11.6 Å². The Hall–Kier alpha value is -1.19. The largest absolute Gasteiger partial charge is 0.497 e. The maximum Gasteiger partial charge on any atom is 0.128 e. The number of methoxy groups -OCH3 is 1. The molecule has 1 aromatic carbocycles. The molecule has 1 rings (SSSR count). The third kappa shape index (κ3) is 3.95. The molecule has 0 radical (unpaired) electrons. The van der Waals surface area contributed by atoms with Gasteiger partial charge in [0, 0.05) is 23.2 Å². The van der Waals surface area contributed by atoms with Crippen molar-refractivity contribution in [2.24, 2.45) is 5.73 Å². The zero-order valence-corrected chi connectivity index (χ0v) is 11.1. The van der Waals surface area contributed by atoms with Crippen LogP contribution in [0.4, 0.5) is 0 Å². The lowest BCUT2D eigenvalue weighted by atomic mass is 10.1. The van der Waals surface area contributed by atoms with E-state index in [2.05, 4.69) is 0 Å². The molecule has 0 bridgehead atoms. The second-order valence-electron chi connectivity index (χ2n) is 3.94. The highest BCUT2D eigenvalue weighted by atomic mass is 35.5. The van der Waals surface area contributed by atoms with Crippen molar-refractivity contribution in [3.63, 3.8) is 0 Å². The van der Waals surface area contributed by atoms with E-state index in [-0.39, 0.29) is 6.04 Å². The van der Waals surface area contributed by atoms with Crippen LogP contribution in [0, 0.1) is 0 Å². The Kier molecular flexibility index (Phi) is 5.32. The SMILES string of the molecule is COc1ccc([C@@H](C)N)c(OC/C(C)=C/Cl)c1. The fourth-order valence-corrected chi connectivity index (χ4v) is 1.43. The molecule has 1 aromatic rings. The van der Waals surface area contributed by atoms with Gasteiger partial charge in [0.1, 0.15) is 18.1 Å². The molecule has 0 fully saturated rings. The number of nitrogens with two attached hydrogens (primary N) is 1. The first-order chi connectivity index (χ1) is 8.08. The van der Waals surface area contributed by atoms with Gasteiger partial charge in [0.15, 0.2) is 0 Å². The number of halogens is 1. The van der Waals surface area contributed by atoms with E-state index in [9.17, 15) is 0 Å². The zero-order valence-electron chi connectivity index (χ0n) is 10.4. The first-order valence-corrected chi connectivity index (χ1v) is 5.84. The van der Waals surface area contributed by atoms with Crippen molar-refractivity contribution in [1.82, 2.24) is 0 Å². The summed E-state index contributed by atoms with van der Waals surface area (Å²) >= 11 is 5.59. The molecule has 3 nitrogen and oxygen atoms in total. The van der Waals surface area contributed by atoms with Crippen LogP contribution in [0.1, 0.15) is 25.5 Å². The summed E-state index contributed by atoms with van der Waals surface area (Å²) < 4.78 is 10.8. The minimum Gasteiger partial charge on any atom is -0.497 e. The molecule has 0 amide bonds. The Morgan fingerprint density at radius 2 is 2.24 bits per heavy atom. The normalized spacial score (nSPS) is 13.4. The van der Waals surface area contributed by atoms with Gasteiger partial charge in [-0.15, -0.1) is 0 Å². The third-order valence-corrected chi connectivity index (χ3v) is 2.73. The maximum absolute atomic E-state index is 5.88. The average molecular weight is 256 g/mol. The number of hydrogen-bond donors (Lipinski definition) is 1. The van der Waals surface area contributed by atoms with Gasteiger partial charge in [0.2, 0.25) is 0 Å². The van der Waals surface area contributed by atoms with Crippen LogP contribution in [-0.4, -0.2) is 13.7 Å². The van der Waals surface area contributed by atoms with Gasteiger partial charge < -0.3 is 15.2 Å². The van der Waals surface area contributed by atoms with Crippen molar-refractivity contribution in [2.75, 3.05) is 13.7 Å². The Labute approximate surface area is 107 Å². The summed E-state index contributed by atoms with van der Waals surface area (Å²) in [5.74, 6) is 1.48. The summed E-state index contributed by atoms with van der Waals surface area (Å²) in [6.07, 6.45) is 0. The predicted molar refractivity (Wildman–Crippen MR) is 70.7 cm³/mol. The lowest BCUT2D eigenvalue weighted by Crippen LogP contribution is -2.09. The van der Waals surface area contributed by atoms with E-state index in [0.717, 1.165) is 22.6 Å². The molecule has 2 N–H and O–H groups in total. The molecule has 0 spiro atoms. The molecule has 0 saturated heterocycles. The van der Waals surface area contributed by atoms with Crippen LogP contribution in [0.3, 0.4) is 0 Å². The molecular weight excluding hydrogens is 238 g/mol. The molecule has 0 aliphatic rings. The van der Waals surface area contributed by atoms with E-state index >= 15 is 0 Å². The van der Waals surface area contributed by atoms with E-state index in [0.29, 0.717) is 6.61 Å². The number of ether oxygens (including phenoxy) is 2. The molecule has 17 heavy (non-hydrogen) atoms. The van der Waals surface area contributed by atoms with Crippen LogP contribution < -0.4 is 15.2 Å². The van der Waals surface area contributed by atoms with Crippen molar-refractivity contribution in [3.05, 3.63) is 34.9 Å². The fourth-order valence-electron chi connectivity index (χ4n) is 1.37. The molecule has 0 saturated carbocycles. The molecule has 4 heteroatoms. The van der Waals surface area contributed by atoms with Gasteiger partial charge in [-0.1, -0.05) is 17.7 Å². The number of rotatable bonds is 5. The Morgan fingerprint density at radius 1 is 1.53 bits per heavy atom. The van der Waals surface area contributed by atoms with Crippen LogP contribution in [0.5, 0.6) is 11.5 Å². The van der Waals surface area contributed by atoms with Crippen molar-refractivity contribution in [2.45, 2.75) is 19.9 Å². The van der Waals surface area contributed by atoms with E-state index in [4.69, 9.17) is 26.8 Å². The number of benzene rings is 1. The highest BCUT2D eigenvalue weighted by Crippen LogP contribution is 2.28. The molecule has 0 unspecified atom stereocenters. The van der Waals surface area contributed by atoms with Crippen molar-refractivity contribution in [3.8, 4) is 11.5 Å². The second-order valence-corrected chi connectivity index (χ2v) is 4.15. The molecule has 0 heterocycles. The Morgan fingerprint density at radius 3 is 2.76 bits per heavy atom. The van der Waals surface area contributed by atoms with E-state index in [1.165, 1.54) is 5.54 Å². The first kappa shape index (κ1) is 13.9. The van der Waals surface area contributed by atoms with E-state index < -0.39 is 0 Å². The molecular formula is C13H18ClNO2. The van der Waals surface area contributed by atoms with Gasteiger partial charge in [-0.3, -0.25) is 0 Å². The summed E-state index contributed by atoms with van der Waals surface area (Å²) in [6, 6.07) is 5.53. The topological polar surface area (TPSA) is 44.5 Å². The standard InChI is InChI=1S/C13H18ClNO2/c1-9(7-14)8-17-13-6-11(16-3)4-5-12(13)10(2)15/h4-7,10H,8,15H2,1-3H3/b9-7+/t10-/m1/s1. The zero-order chi connectivity index (χ0) is 12.8. The van der Waals surface area contributed by atoms with Gasteiger partial charge in [0.25, 0.3) is 0 Å². The van der Waals surface area contributed by atoms with Crippen LogP contribution in [0.25, 0.3) is 0 Å². The average Bonchev–Trinajstić information content (AvgIpc) is 2.35. The lowest BCUT2D eigenvalue weighted by molar-refractivity contribution is 0.342. The first-order valence-electron chi connectivity index (χ1n) is 5.40. The van der Waals surface area contributed by atoms with Crippen molar-refractivity contribution in [1.29, 1.82) is 0 Å². The molecule has 1 atom stereocenters. The third-order valence-electron chi connectivity index (χ3n) is 2.35. The van der Waals surface area contributed by atoms with Gasteiger partial charge in [-0.05, 0) is 25.5 Å². The monoisotopic (exact) mass is 255 g/mol. The van der Waals surface area contributed by atoms with Crippen LogP contribution in [0.2, 0.25) is 0 Å². The summed E-state index contributed by atoms with van der Waals surface area (Å²) in [4.78, 5) is 0. The van der Waals surface area contributed by atoms with Crippen LogP contribution in [0.15, 0.2) is 29.3 Å². The minimum atomic E-state index is -0.0869. The highest BCUT2D eigenvalue weighted by Gasteiger charge is 2.09. The lowest BCUT2D eigenvalue weighted by Gasteiger charge is -2.15. The Balaban J connectivity index is 2.93. The highest BCUT2D eigenvalue weighted by molar-refractivity contribution is 6.25. The molecule has 0 aromatic heterocycles. The van der Waals surface area contributed by atoms with Crippen molar-refractivity contribution >= 4 is 11.6 Å². The molecule has 0 aliphatic heterocycles. The van der Waals surface area contributed by atoms with Crippen molar-refractivity contribution < 1.29 is 9.47 Å². The maximum atomic E-state index is 5.88. The summed E-state index contributed by atoms with van der Waals surface area (Å²) in [6.45, 7) is 4.26. The molecule has 0 aliphatic carbocycles. The fraction of sp³-hybridized carbons (Fsp3) is 0.385. The van der Waals surface area contributed by atoms with Gasteiger partial charge in [0.05, 0.1) is 7.11 Å². The quantitative estimate of drug-likeness (QED) is 0.879. The van der Waals surface area contributed by atoms with Gasteiger partial charge >= 0.3 is 0 Å². The van der Waals surface area contributed by atoms with Gasteiger partial charge in [-0.2, -0.15) is 0 Å². The summed E-state index contributed by atoms with van der Waals surface area (Å²) in [7, 11) is 1.62. The molecule has 94 valence electrons. The second kappa shape index (κ2) is 6.52. The predicted octanol–water partition coefficient (Wildman–Crippen LogP) is 3.24. The summed E-state index contributed by atoms with van der Waals surface area (Å²) in [5, 5.41) is 0. The Bertz CT molecular complexity index is 402. The van der Waals surface area contributed by atoms with Crippen LogP contribution in [-0.2, 0) is 0 Å². The smallest absolute Gasteiger partial charge is 0.128 e.